The zero-order chi connectivity index (χ0) is 15.5. The summed E-state index contributed by atoms with van der Waals surface area (Å²) in [6, 6.07) is 15.1. The highest BCUT2D eigenvalue weighted by Crippen LogP contribution is 2.26. The molecule has 0 fully saturated rings. The van der Waals surface area contributed by atoms with E-state index in [2.05, 4.69) is 68.2 Å². The molecule has 0 amide bonds. The van der Waals surface area contributed by atoms with Crippen molar-refractivity contribution in [3.05, 3.63) is 48.0 Å². The molecule has 0 aliphatic heterocycles. The molecule has 0 aliphatic rings. The number of aromatic nitrogens is 2. The first-order valence-corrected chi connectivity index (χ1v) is 8.86. The summed E-state index contributed by atoms with van der Waals surface area (Å²) in [5.41, 5.74) is 4.68. The molecule has 0 radical (unpaired) electrons. The normalized spacial score (nSPS) is 11.5. The Hall–Kier alpha value is -1.74. The van der Waals surface area contributed by atoms with E-state index in [-0.39, 0.29) is 0 Å². The highest BCUT2D eigenvalue weighted by Gasteiger charge is 2.07. The maximum Gasteiger partial charge on any atom is 0.138 e. The van der Waals surface area contributed by atoms with Crippen molar-refractivity contribution in [1.29, 1.82) is 0 Å². The smallest absolute Gasteiger partial charge is 0.138 e. The van der Waals surface area contributed by atoms with Gasteiger partial charge in [0.2, 0.25) is 0 Å². The number of aromatic amines is 1. The number of hydrogen-bond donors (Lipinski definition) is 1. The summed E-state index contributed by atoms with van der Waals surface area (Å²) in [6.07, 6.45) is 1.10. The van der Waals surface area contributed by atoms with Crippen LogP contribution in [0.15, 0.2) is 47.4 Å². The molecule has 3 rings (SSSR count). The first kappa shape index (κ1) is 15.2. The number of H-pyrrole nitrogens is 1. The molecule has 0 saturated heterocycles. The largest absolute Gasteiger partial charge is 0.338 e. The third-order valence-corrected chi connectivity index (χ3v) is 4.48. The summed E-state index contributed by atoms with van der Waals surface area (Å²) in [4.78, 5) is 9.50. The minimum absolute atomic E-state index is 0.666. The van der Waals surface area contributed by atoms with E-state index in [1.165, 1.54) is 16.0 Å². The van der Waals surface area contributed by atoms with Gasteiger partial charge in [-0.05, 0) is 47.9 Å². The molecule has 3 heteroatoms. The minimum atomic E-state index is 0.666. The number of fused-ring (bicyclic) bond motifs is 1. The molecule has 1 heterocycles. The van der Waals surface area contributed by atoms with E-state index in [9.17, 15) is 0 Å². The summed E-state index contributed by atoms with van der Waals surface area (Å²) in [5, 5.41) is 0. The van der Waals surface area contributed by atoms with Crippen molar-refractivity contribution in [1.82, 2.24) is 9.97 Å². The van der Waals surface area contributed by atoms with Crippen LogP contribution in [-0.4, -0.2) is 15.7 Å². The topological polar surface area (TPSA) is 28.7 Å². The van der Waals surface area contributed by atoms with Gasteiger partial charge in [-0.1, -0.05) is 39.0 Å². The second-order valence-electron chi connectivity index (χ2n) is 6.00. The lowest BCUT2D eigenvalue weighted by Gasteiger charge is -2.06. The monoisotopic (exact) mass is 310 g/mol. The number of hydrogen-bond acceptors (Lipinski definition) is 2. The maximum atomic E-state index is 4.74. The first-order valence-electron chi connectivity index (χ1n) is 7.87. The lowest BCUT2D eigenvalue weighted by molar-refractivity contribution is 0.647. The lowest BCUT2D eigenvalue weighted by atomic mass is 10.0. The summed E-state index contributed by atoms with van der Waals surface area (Å²) < 4.78 is 0. The van der Waals surface area contributed by atoms with Gasteiger partial charge in [-0.15, -0.1) is 11.8 Å². The standard InChI is InChI=1S/C19H22N2S/c1-4-22-16-8-9-17-18(12-16)21-19(20-17)15-7-5-6-14(11-15)10-13(2)3/h5-9,11-13H,4,10H2,1-3H3,(H,20,21). The van der Waals surface area contributed by atoms with Gasteiger partial charge in [0.25, 0.3) is 0 Å². The summed E-state index contributed by atoms with van der Waals surface area (Å²) in [7, 11) is 0. The van der Waals surface area contributed by atoms with Crippen LogP contribution in [0.4, 0.5) is 0 Å². The van der Waals surface area contributed by atoms with Crippen molar-refractivity contribution in [3.8, 4) is 11.4 Å². The number of benzene rings is 2. The predicted octanol–water partition coefficient (Wildman–Crippen LogP) is 5.54. The van der Waals surface area contributed by atoms with E-state index in [4.69, 9.17) is 4.98 Å². The predicted molar refractivity (Wildman–Crippen MR) is 96.5 cm³/mol. The van der Waals surface area contributed by atoms with Crippen LogP contribution in [0.1, 0.15) is 26.3 Å². The van der Waals surface area contributed by atoms with Crippen LogP contribution in [-0.2, 0) is 6.42 Å². The van der Waals surface area contributed by atoms with Gasteiger partial charge in [0.15, 0.2) is 0 Å². The summed E-state index contributed by atoms with van der Waals surface area (Å²) in [6.45, 7) is 6.68. The van der Waals surface area contributed by atoms with Gasteiger partial charge in [-0.25, -0.2) is 4.98 Å². The van der Waals surface area contributed by atoms with Gasteiger partial charge in [0.05, 0.1) is 11.0 Å². The maximum absolute atomic E-state index is 4.74. The number of rotatable bonds is 5. The van der Waals surface area contributed by atoms with Crippen LogP contribution in [0.3, 0.4) is 0 Å². The molecule has 0 bridgehead atoms. The van der Waals surface area contributed by atoms with E-state index < -0.39 is 0 Å². The average Bonchev–Trinajstić information content (AvgIpc) is 2.90. The van der Waals surface area contributed by atoms with E-state index in [1.807, 2.05) is 11.8 Å². The molecular formula is C19H22N2S. The Balaban J connectivity index is 1.96. The van der Waals surface area contributed by atoms with Crippen LogP contribution in [0.5, 0.6) is 0 Å². The lowest BCUT2D eigenvalue weighted by Crippen LogP contribution is -1.94. The highest BCUT2D eigenvalue weighted by molar-refractivity contribution is 7.99. The van der Waals surface area contributed by atoms with Crippen LogP contribution in [0.2, 0.25) is 0 Å². The Morgan fingerprint density at radius 2 is 2.00 bits per heavy atom. The van der Waals surface area contributed by atoms with Crippen LogP contribution in [0, 0.1) is 5.92 Å². The van der Waals surface area contributed by atoms with Crippen molar-refractivity contribution in [3.63, 3.8) is 0 Å². The first-order chi connectivity index (χ1) is 10.7. The Morgan fingerprint density at radius 1 is 1.14 bits per heavy atom. The van der Waals surface area contributed by atoms with Gasteiger partial charge < -0.3 is 4.98 Å². The van der Waals surface area contributed by atoms with Crippen molar-refractivity contribution in [2.24, 2.45) is 5.92 Å². The molecular weight excluding hydrogens is 288 g/mol. The van der Waals surface area contributed by atoms with Gasteiger partial charge in [0, 0.05) is 10.5 Å². The van der Waals surface area contributed by atoms with E-state index >= 15 is 0 Å². The second kappa shape index (κ2) is 6.57. The molecule has 1 aromatic heterocycles. The van der Waals surface area contributed by atoms with Gasteiger partial charge in [-0.2, -0.15) is 0 Å². The van der Waals surface area contributed by atoms with Gasteiger partial charge in [-0.3, -0.25) is 0 Å². The van der Waals surface area contributed by atoms with Crippen LogP contribution < -0.4 is 0 Å². The molecule has 0 unspecified atom stereocenters. The Kier molecular flexibility index (Phi) is 4.53. The number of imidazole rings is 1. The number of nitrogens with zero attached hydrogens (tertiary/aromatic N) is 1. The van der Waals surface area contributed by atoms with Crippen molar-refractivity contribution in [2.75, 3.05) is 5.75 Å². The minimum Gasteiger partial charge on any atom is -0.338 e. The third-order valence-electron chi connectivity index (χ3n) is 3.61. The molecule has 22 heavy (non-hydrogen) atoms. The zero-order valence-electron chi connectivity index (χ0n) is 13.4. The Labute approximate surface area is 136 Å². The molecule has 3 aromatic rings. The SMILES string of the molecule is CCSc1ccc2nc(-c3cccc(CC(C)C)c3)[nH]c2c1. The fraction of sp³-hybridized carbons (Fsp3) is 0.316. The molecule has 0 saturated carbocycles. The molecule has 114 valence electrons. The van der Waals surface area contributed by atoms with Gasteiger partial charge >= 0.3 is 0 Å². The molecule has 1 N–H and O–H groups in total. The van der Waals surface area contributed by atoms with E-state index in [0.717, 1.165) is 29.0 Å². The molecule has 2 nitrogen and oxygen atoms in total. The van der Waals surface area contributed by atoms with E-state index in [1.54, 1.807) is 0 Å². The number of nitrogens with one attached hydrogen (secondary N) is 1. The molecule has 0 aliphatic carbocycles. The number of thioether (sulfide) groups is 1. The zero-order valence-corrected chi connectivity index (χ0v) is 14.2. The summed E-state index contributed by atoms with van der Waals surface area (Å²) in [5.74, 6) is 2.71. The average molecular weight is 310 g/mol. The summed E-state index contributed by atoms with van der Waals surface area (Å²) >= 11 is 1.86. The van der Waals surface area contributed by atoms with Crippen molar-refractivity contribution >= 4 is 22.8 Å². The third kappa shape index (κ3) is 3.36. The fourth-order valence-corrected chi connectivity index (χ4v) is 3.40. The highest BCUT2D eigenvalue weighted by atomic mass is 32.2. The van der Waals surface area contributed by atoms with Crippen molar-refractivity contribution in [2.45, 2.75) is 32.1 Å². The molecule has 0 spiro atoms. The van der Waals surface area contributed by atoms with E-state index in [0.29, 0.717) is 5.92 Å². The van der Waals surface area contributed by atoms with Crippen LogP contribution >= 0.6 is 11.8 Å². The van der Waals surface area contributed by atoms with Crippen LogP contribution in [0.25, 0.3) is 22.4 Å². The quantitative estimate of drug-likeness (QED) is 0.627. The molecule has 0 atom stereocenters. The second-order valence-corrected chi connectivity index (χ2v) is 7.33. The Bertz CT molecular complexity index is 774. The molecule has 2 aromatic carbocycles. The Morgan fingerprint density at radius 3 is 2.77 bits per heavy atom. The van der Waals surface area contributed by atoms with Gasteiger partial charge in [0.1, 0.15) is 5.82 Å². The van der Waals surface area contributed by atoms with Crippen molar-refractivity contribution < 1.29 is 0 Å². The fourth-order valence-electron chi connectivity index (χ4n) is 2.70.